The number of anilines is 2. The number of nitrogen functional groups attached to an aromatic ring is 1. The Bertz CT molecular complexity index is 384. The first-order chi connectivity index (χ1) is 8.26. The standard InChI is InChI=1S/C13H20N2OS/c1-16-11-7-3-6-10(13(11)14)15-9-5-4-8-12(9)17-2/h3,6-7,9,12,15H,4-5,8,14H2,1-2H3. The first kappa shape index (κ1) is 12.4. The minimum Gasteiger partial charge on any atom is -0.495 e. The third-order valence-corrected chi connectivity index (χ3v) is 4.55. The summed E-state index contributed by atoms with van der Waals surface area (Å²) in [6.07, 6.45) is 6.00. The summed E-state index contributed by atoms with van der Waals surface area (Å²) in [5, 5.41) is 4.25. The van der Waals surface area contributed by atoms with Crippen molar-refractivity contribution < 1.29 is 4.74 Å². The van der Waals surface area contributed by atoms with Gasteiger partial charge >= 0.3 is 0 Å². The van der Waals surface area contributed by atoms with Crippen molar-refractivity contribution in [2.45, 2.75) is 30.6 Å². The summed E-state index contributed by atoms with van der Waals surface area (Å²) in [6.45, 7) is 0. The average molecular weight is 252 g/mol. The molecule has 1 aromatic rings. The highest BCUT2D eigenvalue weighted by Crippen LogP contribution is 2.34. The van der Waals surface area contributed by atoms with Gasteiger partial charge < -0.3 is 15.8 Å². The fourth-order valence-electron chi connectivity index (χ4n) is 2.42. The van der Waals surface area contributed by atoms with Crippen molar-refractivity contribution >= 4 is 23.1 Å². The van der Waals surface area contributed by atoms with Gasteiger partial charge in [0.05, 0.1) is 18.5 Å². The third kappa shape index (κ3) is 2.63. The van der Waals surface area contributed by atoms with Crippen LogP contribution in [0.25, 0.3) is 0 Å². The number of rotatable bonds is 4. The highest BCUT2D eigenvalue weighted by molar-refractivity contribution is 7.99. The lowest BCUT2D eigenvalue weighted by atomic mass is 10.2. The summed E-state index contributed by atoms with van der Waals surface area (Å²) in [4.78, 5) is 0. The van der Waals surface area contributed by atoms with Gasteiger partial charge in [-0.2, -0.15) is 11.8 Å². The molecule has 3 N–H and O–H groups in total. The van der Waals surface area contributed by atoms with Crippen LogP contribution in [0.1, 0.15) is 19.3 Å². The van der Waals surface area contributed by atoms with Crippen molar-refractivity contribution in [3.05, 3.63) is 18.2 Å². The maximum absolute atomic E-state index is 6.06. The third-order valence-electron chi connectivity index (χ3n) is 3.38. The van der Waals surface area contributed by atoms with Crippen LogP contribution in [0, 0.1) is 0 Å². The topological polar surface area (TPSA) is 47.3 Å². The first-order valence-corrected chi connectivity index (χ1v) is 7.27. The molecule has 1 fully saturated rings. The summed E-state index contributed by atoms with van der Waals surface area (Å²) < 4.78 is 5.23. The van der Waals surface area contributed by atoms with E-state index in [1.807, 2.05) is 30.0 Å². The van der Waals surface area contributed by atoms with Crippen LogP contribution in [0.4, 0.5) is 11.4 Å². The Morgan fingerprint density at radius 3 is 2.94 bits per heavy atom. The van der Waals surface area contributed by atoms with Gasteiger partial charge in [0.15, 0.2) is 0 Å². The van der Waals surface area contributed by atoms with Crippen LogP contribution in [0.3, 0.4) is 0 Å². The Morgan fingerprint density at radius 1 is 1.41 bits per heavy atom. The van der Waals surface area contributed by atoms with Gasteiger partial charge in [0.2, 0.25) is 0 Å². The summed E-state index contributed by atoms with van der Waals surface area (Å²) >= 11 is 1.94. The molecule has 4 heteroatoms. The molecule has 0 radical (unpaired) electrons. The molecule has 1 aliphatic rings. The quantitative estimate of drug-likeness (QED) is 0.809. The minimum absolute atomic E-state index is 0.527. The molecule has 1 aliphatic carbocycles. The van der Waals surface area contributed by atoms with Crippen LogP contribution in [-0.2, 0) is 0 Å². The zero-order valence-electron chi connectivity index (χ0n) is 10.4. The van der Waals surface area contributed by atoms with E-state index in [4.69, 9.17) is 10.5 Å². The van der Waals surface area contributed by atoms with Crippen molar-refractivity contribution in [3.8, 4) is 5.75 Å². The van der Waals surface area contributed by atoms with Gasteiger partial charge in [-0.25, -0.2) is 0 Å². The number of nitrogens with one attached hydrogen (secondary N) is 1. The lowest BCUT2D eigenvalue weighted by molar-refractivity contribution is 0.417. The number of thioether (sulfide) groups is 1. The maximum atomic E-state index is 6.06. The fourth-order valence-corrected chi connectivity index (χ4v) is 3.36. The smallest absolute Gasteiger partial charge is 0.143 e. The molecule has 0 bridgehead atoms. The summed E-state index contributed by atoms with van der Waals surface area (Å²) in [7, 11) is 1.65. The summed E-state index contributed by atoms with van der Waals surface area (Å²) in [5.41, 5.74) is 7.77. The van der Waals surface area contributed by atoms with Gasteiger partial charge in [0, 0.05) is 11.3 Å². The normalized spacial score (nSPS) is 23.6. The molecule has 17 heavy (non-hydrogen) atoms. The number of hydrogen-bond acceptors (Lipinski definition) is 4. The second-order valence-corrected chi connectivity index (χ2v) is 5.45. The SMILES string of the molecule is COc1cccc(NC2CCCC2SC)c1N. The number of hydrogen-bond donors (Lipinski definition) is 2. The number of methoxy groups -OCH3 is 1. The largest absolute Gasteiger partial charge is 0.495 e. The zero-order valence-corrected chi connectivity index (χ0v) is 11.2. The van der Waals surface area contributed by atoms with Crippen LogP contribution in [0.15, 0.2) is 18.2 Å². The van der Waals surface area contributed by atoms with Crippen molar-refractivity contribution in [1.82, 2.24) is 0 Å². The van der Waals surface area contributed by atoms with Crippen molar-refractivity contribution in [1.29, 1.82) is 0 Å². The highest BCUT2D eigenvalue weighted by Gasteiger charge is 2.26. The Kier molecular flexibility index (Phi) is 4.05. The van der Waals surface area contributed by atoms with Crippen LogP contribution < -0.4 is 15.8 Å². The van der Waals surface area contributed by atoms with E-state index in [1.54, 1.807) is 7.11 Å². The molecule has 0 aromatic heterocycles. The number of ether oxygens (including phenoxy) is 1. The molecular weight excluding hydrogens is 232 g/mol. The second kappa shape index (κ2) is 5.54. The molecule has 2 rings (SSSR count). The second-order valence-electron chi connectivity index (χ2n) is 4.38. The number of nitrogens with two attached hydrogens (primary N) is 1. The van der Waals surface area contributed by atoms with E-state index >= 15 is 0 Å². The van der Waals surface area contributed by atoms with Crippen molar-refractivity contribution in [3.63, 3.8) is 0 Å². The van der Waals surface area contributed by atoms with E-state index in [0.717, 1.165) is 11.4 Å². The molecule has 0 heterocycles. The fraction of sp³-hybridized carbons (Fsp3) is 0.538. The lowest BCUT2D eigenvalue weighted by Gasteiger charge is -2.22. The number of benzene rings is 1. The molecular formula is C13H20N2OS. The molecule has 94 valence electrons. The molecule has 0 spiro atoms. The Hall–Kier alpha value is -1.03. The predicted octanol–water partition coefficient (Wildman–Crippen LogP) is 2.97. The van der Waals surface area contributed by atoms with Gasteiger partial charge in [-0.15, -0.1) is 0 Å². The molecule has 2 unspecified atom stereocenters. The molecule has 0 saturated heterocycles. The monoisotopic (exact) mass is 252 g/mol. The summed E-state index contributed by atoms with van der Waals surface area (Å²) in [6, 6.07) is 6.41. The van der Waals surface area contributed by atoms with Crippen LogP contribution in [0.2, 0.25) is 0 Å². The average Bonchev–Trinajstić information content (AvgIpc) is 2.79. The predicted molar refractivity (Wildman–Crippen MR) is 76.0 cm³/mol. The highest BCUT2D eigenvalue weighted by atomic mass is 32.2. The van der Waals surface area contributed by atoms with E-state index in [-0.39, 0.29) is 0 Å². The Labute approximate surface area is 107 Å². The molecule has 1 aromatic carbocycles. The van der Waals surface area contributed by atoms with E-state index in [9.17, 15) is 0 Å². The maximum Gasteiger partial charge on any atom is 0.143 e. The summed E-state index contributed by atoms with van der Waals surface area (Å²) in [5.74, 6) is 0.744. The van der Waals surface area contributed by atoms with E-state index in [2.05, 4.69) is 11.6 Å². The minimum atomic E-state index is 0.527. The Morgan fingerprint density at radius 2 is 2.24 bits per heavy atom. The first-order valence-electron chi connectivity index (χ1n) is 5.98. The molecule has 0 amide bonds. The molecule has 2 atom stereocenters. The van der Waals surface area contributed by atoms with Crippen molar-refractivity contribution in [2.24, 2.45) is 0 Å². The van der Waals surface area contributed by atoms with Gasteiger partial charge in [-0.05, 0) is 31.2 Å². The van der Waals surface area contributed by atoms with E-state index in [1.165, 1.54) is 19.3 Å². The van der Waals surface area contributed by atoms with Gasteiger partial charge in [-0.1, -0.05) is 12.5 Å². The van der Waals surface area contributed by atoms with Crippen LogP contribution in [-0.4, -0.2) is 24.7 Å². The van der Waals surface area contributed by atoms with Crippen LogP contribution >= 0.6 is 11.8 Å². The van der Waals surface area contributed by atoms with Gasteiger partial charge in [0.1, 0.15) is 5.75 Å². The van der Waals surface area contributed by atoms with E-state index < -0.39 is 0 Å². The van der Waals surface area contributed by atoms with Gasteiger partial charge in [-0.3, -0.25) is 0 Å². The lowest BCUT2D eigenvalue weighted by Crippen LogP contribution is -2.26. The molecule has 3 nitrogen and oxygen atoms in total. The zero-order chi connectivity index (χ0) is 12.3. The van der Waals surface area contributed by atoms with Gasteiger partial charge in [0.25, 0.3) is 0 Å². The van der Waals surface area contributed by atoms with Crippen LogP contribution in [0.5, 0.6) is 5.75 Å². The number of para-hydroxylation sites is 1. The molecule has 0 aliphatic heterocycles. The van der Waals surface area contributed by atoms with E-state index in [0.29, 0.717) is 17.0 Å². The van der Waals surface area contributed by atoms with Crippen molar-refractivity contribution in [2.75, 3.05) is 24.4 Å². The Balaban J connectivity index is 2.13. The molecule has 1 saturated carbocycles.